The Kier molecular flexibility index (Phi) is 6.70. The summed E-state index contributed by atoms with van der Waals surface area (Å²) < 4.78 is 5.25. The van der Waals surface area contributed by atoms with E-state index >= 15 is 0 Å². The molecule has 0 aromatic heterocycles. The summed E-state index contributed by atoms with van der Waals surface area (Å²) in [5.74, 6) is 0.426. The quantitative estimate of drug-likeness (QED) is 0.562. The van der Waals surface area contributed by atoms with E-state index in [1.54, 1.807) is 31.4 Å². The molecule has 1 N–H and O–H groups in total. The highest BCUT2D eigenvalue weighted by molar-refractivity contribution is 6.06. The van der Waals surface area contributed by atoms with E-state index < -0.39 is 0 Å². The van der Waals surface area contributed by atoms with Crippen molar-refractivity contribution in [3.63, 3.8) is 0 Å². The summed E-state index contributed by atoms with van der Waals surface area (Å²) in [6.45, 7) is 3.18. The minimum Gasteiger partial charge on any atom is -0.497 e. The molecule has 6 heteroatoms. The van der Waals surface area contributed by atoms with Gasteiger partial charge in [0.2, 0.25) is 0 Å². The first-order chi connectivity index (χ1) is 17.1. The molecule has 1 saturated heterocycles. The number of amides is 2. The smallest absolute Gasteiger partial charge is 0.256 e. The molecule has 2 aliphatic rings. The van der Waals surface area contributed by atoms with Gasteiger partial charge >= 0.3 is 0 Å². The Morgan fingerprint density at radius 1 is 0.857 bits per heavy atom. The van der Waals surface area contributed by atoms with Gasteiger partial charge in [0, 0.05) is 43.1 Å². The predicted molar refractivity (Wildman–Crippen MR) is 138 cm³/mol. The third-order valence-electron chi connectivity index (χ3n) is 6.93. The number of hydrogen-bond acceptors (Lipinski definition) is 4. The number of carbonyl (C=O) groups is 2. The first-order valence-corrected chi connectivity index (χ1v) is 12.3. The molecule has 180 valence electrons. The third kappa shape index (κ3) is 5.02. The number of carbonyl (C=O) groups excluding carboxylic acids is 2. The van der Waals surface area contributed by atoms with Gasteiger partial charge in [-0.25, -0.2) is 0 Å². The zero-order chi connectivity index (χ0) is 24.2. The van der Waals surface area contributed by atoms with Gasteiger partial charge in [0.25, 0.3) is 11.8 Å². The zero-order valence-corrected chi connectivity index (χ0v) is 20.1. The fourth-order valence-electron chi connectivity index (χ4n) is 5.00. The number of piperidine rings is 1. The molecule has 6 nitrogen and oxygen atoms in total. The van der Waals surface area contributed by atoms with Crippen molar-refractivity contribution in [2.75, 3.05) is 37.0 Å². The molecule has 5 rings (SSSR count). The fraction of sp³-hybridized carbons (Fsp3) is 0.310. The maximum absolute atomic E-state index is 13.7. The van der Waals surface area contributed by atoms with Crippen molar-refractivity contribution in [1.82, 2.24) is 4.90 Å². The molecule has 0 atom stereocenters. The van der Waals surface area contributed by atoms with Crippen LogP contribution < -0.4 is 15.0 Å². The van der Waals surface area contributed by atoms with Crippen molar-refractivity contribution in [2.24, 2.45) is 0 Å². The van der Waals surface area contributed by atoms with Crippen LogP contribution in [0.5, 0.6) is 5.75 Å². The zero-order valence-electron chi connectivity index (χ0n) is 20.1. The van der Waals surface area contributed by atoms with Gasteiger partial charge in [0.05, 0.1) is 12.7 Å². The van der Waals surface area contributed by atoms with Gasteiger partial charge in [-0.3, -0.25) is 9.59 Å². The van der Waals surface area contributed by atoms with Gasteiger partial charge in [-0.05, 0) is 73.2 Å². The van der Waals surface area contributed by atoms with Crippen molar-refractivity contribution < 1.29 is 14.3 Å². The molecule has 2 aliphatic heterocycles. The van der Waals surface area contributed by atoms with Gasteiger partial charge < -0.3 is 19.9 Å². The van der Waals surface area contributed by atoms with Gasteiger partial charge in [-0.2, -0.15) is 0 Å². The molecule has 0 spiro atoms. The number of nitrogens with one attached hydrogen (secondary N) is 1. The largest absolute Gasteiger partial charge is 0.497 e. The topological polar surface area (TPSA) is 61.9 Å². The number of hydrogen-bond donors (Lipinski definition) is 1. The average molecular weight is 470 g/mol. The van der Waals surface area contributed by atoms with Crippen molar-refractivity contribution in [3.05, 3.63) is 89.0 Å². The molecule has 0 unspecified atom stereocenters. The van der Waals surface area contributed by atoms with Crippen LogP contribution in [0.4, 0.5) is 11.4 Å². The summed E-state index contributed by atoms with van der Waals surface area (Å²) in [5.41, 5.74) is 5.36. The number of benzene rings is 3. The second-order valence-corrected chi connectivity index (χ2v) is 9.21. The van der Waals surface area contributed by atoms with Crippen LogP contribution in [0.15, 0.2) is 66.7 Å². The summed E-state index contributed by atoms with van der Waals surface area (Å²) in [4.78, 5) is 30.8. The lowest BCUT2D eigenvalue weighted by molar-refractivity contribution is 0.0724. The molecule has 0 saturated carbocycles. The number of methoxy groups -OCH3 is 1. The van der Waals surface area contributed by atoms with Crippen LogP contribution in [0.2, 0.25) is 0 Å². The Morgan fingerprint density at radius 2 is 1.66 bits per heavy atom. The predicted octanol–water partition coefficient (Wildman–Crippen LogP) is 5.14. The number of likely N-dealkylation sites (tertiary alicyclic amines) is 1. The Balaban J connectivity index is 1.45. The highest BCUT2D eigenvalue weighted by Gasteiger charge is 2.26. The Bertz CT molecular complexity index is 1230. The molecule has 3 aromatic carbocycles. The molecule has 2 amide bonds. The van der Waals surface area contributed by atoms with E-state index in [4.69, 9.17) is 4.74 Å². The summed E-state index contributed by atoms with van der Waals surface area (Å²) in [6.07, 6.45) is 4.17. The molecule has 3 aromatic rings. The minimum atomic E-state index is -0.236. The van der Waals surface area contributed by atoms with E-state index in [0.717, 1.165) is 57.5 Å². The number of rotatable bonds is 5. The lowest BCUT2D eigenvalue weighted by Crippen LogP contribution is -2.38. The van der Waals surface area contributed by atoms with Crippen molar-refractivity contribution in [1.29, 1.82) is 0 Å². The Morgan fingerprint density at radius 3 is 2.46 bits per heavy atom. The van der Waals surface area contributed by atoms with Crippen LogP contribution in [0, 0.1) is 0 Å². The first-order valence-electron chi connectivity index (χ1n) is 12.3. The third-order valence-corrected chi connectivity index (χ3v) is 6.93. The van der Waals surface area contributed by atoms with E-state index in [1.165, 1.54) is 11.1 Å². The van der Waals surface area contributed by atoms with Gasteiger partial charge in [0.1, 0.15) is 5.75 Å². The van der Waals surface area contributed by atoms with Crippen LogP contribution in [0.1, 0.15) is 51.1 Å². The monoisotopic (exact) mass is 469 g/mol. The number of nitrogens with zero attached hydrogens (tertiary/aromatic N) is 2. The minimum absolute atomic E-state index is 0.0380. The summed E-state index contributed by atoms with van der Waals surface area (Å²) >= 11 is 0. The number of ether oxygens (including phenoxy) is 1. The van der Waals surface area contributed by atoms with Gasteiger partial charge in [-0.1, -0.05) is 30.3 Å². The van der Waals surface area contributed by atoms with Crippen LogP contribution >= 0.6 is 0 Å². The lowest BCUT2D eigenvalue weighted by atomic mass is 9.98. The normalized spacial score (nSPS) is 15.3. The lowest BCUT2D eigenvalue weighted by Gasteiger charge is -2.34. The van der Waals surface area contributed by atoms with Crippen molar-refractivity contribution in [3.8, 4) is 5.75 Å². The van der Waals surface area contributed by atoms with Gasteiger partial charge in [-0.15, -0.1) is 0 Å². The van der Waals surface area contributed by atoms with Crippen LogP contribution in [-0.2, 0) is 13.0 Å². The summed E-state index contributed by atoms with van der Waals surface area (Å²) in [6, 6.07) is 21.2. The van der Waals surface area contributed by atoms with Crippen molar-refractivity contribution in [2.45, 2.75) is 32.2 Å². The highest BCUT2D eigenvalue weighted by Crippen LogP contribution is 2.31. The Hall–Kier alpha value is -3.80. The standard InChI is InChI=1S/C29H31N3O3/c1-35-25-11-7-10-22(18-25)28(33)30-24-12-13-27(26(19-24)29(34)31-15-5-2-6-16-31)32-17-14-21-8-3-4-9-23(21)20-32/h3-4,7-13,18-19H,2,5-6,14-17,20H2,1H3,(H,30,33). The van der Waals surface area contributed by atoms with Crippen LogP contribution in [-0.4, -0.2) is 43.5 Å². The number of fused-ring (bicyclic) bond motifs is 1. The summed E-state index contributed by atoms with van der Waals surface area (Å²) in [7, 11) is 1.58. The molecular formula is C29H31N3O3. The SMILES string of the molecule is COc1cccc(C(=O)Nc2ccc(N3CCc4ccccc4C3)c(C(=O)N3CCCCC3)c2)c1. The molecule has 0 aliphatic carbocycles. The molecule has 0 bridgehead atoms. The fourth-order valence-corrected chi connectivity index (χ4v) is 5.00. The molecule has 2 heterocycles. The maximum atomic E-state index is 13.7. The highest BCUT2D eigenvalue weighted by atomic mass is 16.5. The second-order valence-electron chi connectivity index (χ2n) is 9.21. The van der Waals surface area contributed by atoms with E-state index in [9.17, 15) is 9.59 Å². The molecule has 0 radical (unpaired) electrons. The second kappa shape index (κ2) is 10.2. The summed E-state index contributed by atoms with van der Waals surface area (Å²) in [5, 5.41) is 2.97. The molecular weight excluding hydrogens is 438 g/mol. The maximum Gasteiger partial charge on any atom is 0.256 e. The van der Waals surface area contributed by atoms with E-state index in [1.807, 2.05) is 23.1 Å². The molecule has 1 fully saturated rings. The first kappa shape index (κ1) is 23.0. The van der Waals surface area contributed by atoms with E-state index in [0.29, 0.717) is 22.6 Å². The van der Waals surface area contributed by atoms with E-state index in [-0.39, 0.29) is 11.8 Å². The van der Waals surface area contributed by atoms with Gasteiger partial charge in [0.15, 0.2) is 0 Å². The van der Waals surface area contributed by atoms with Crippen molar-refractivity contribution >= 4 is 23.2 Å². The van der Waals surface area contributed by atoms with Crippen LogP contribution in [0.3, 0.4) is 0 Å². The van der Waals surface area contributed by atoms with Crippen LogP contribution in [0.25, 0.3) is 0 Å². The Labute approximate surface area is 206 Å². The number of anilines is 2. The van der Waals surface area contributed by atoms with E-state index in [2.05, 4.69) is 34.5 Å². The average Bonchev–Trinajstić information content (AvgIpc) is 2.93. The molecule has 35 heavy (non-hydrogen) atoms.